The first-order valence-electron chi connectivity index (χ1n) is 5.23. The number of amides is 1. The fourth-order valence-corrected chi connectivity index (χ4v) is 1.45. The van der Waals surface area contributed by atoms with Crippen LogP contribution >= 0.6 is 0 Å². The molecular formula is C11H14N2O4. The first-order chi connectivity index (χ1) is 8.20. The number of hydrogen-bond acceptors (Lipinski definition) is 5. The Hall–Kier alpha value is -1.79. The molecule has 1 aromatic rings. The Balaban J connectivity index is 1.93. The van der Waals surface area contributed by atoms with Crippen LogP contribution in [-0.4, -0.2) is 30.5 Å². The van der Waals surface area contributed by atoms with Gasteiger partial charge in [0.15, 0.2) is 11.5 Å². The number of nitrogens with two attached hydrogens (primary N) is 1. The van der Waals surface area contributed by atoms with Crippen LogP contribution in [0.4, 0.5) is 0 Å². The molecule has 6 heteroatoms. The average molecular weight is 238 g/mol. The normalized spacial score (nSPS) is 14.5. The van der Waals surface area contributed by atoms with E-state index in [-0.39, 0.29) is 19.3 Å². The van der Waals surface area contributed by atoms with Crippen molar-refractivity contribution in [1.29, 1.82) is 0 Å². The number of fused-ring (bicyclic) bond motifs is 1. The van der Waals surface area contributed by atoms with Gasteiger partial charge in [-0.25, -0.2) is 0 Å². The molecule has 0 aliphatic carbocycles. The molecule has 2 rings (SSSR count). The molecule has 0 saturated heterocycles. The van der Waals surface area contributed by atoms with Crippen LogP contribution in [0.1, 0.15) is 5.56 Å². The summed E-state index contributed by atoms with van der Waals surface area (Å²) in [5.41, 5.74) is 6.25. The van der Waals surface area contributed by atoms with E-state index in [9.17, 15) is 4.79 Å². The summed E-state index contributed by atoms with van der Waals surface area (Å²) in [7, 11) is 0. The van der Waals surface area contributed by atoms with E-state index in [1.165, 1.54) is 0 Å². The molecule has 1 atom stereocenters. The molecule has 0 spiro atoms. The molecule has 1 amide bonds. The van der Waals surface area contributed by atoms with Gasteiger partial charge in [0.25, 0.3) is 0 Å². The molecule has 1 unspecified atom stereocenters. The predicted octanol–water partition coefficient (Wildman–Crippen LogP) is -0.649. The molecule has 6 nitrogen and oxygen atoms in total. The number of aliphatic hydroxyl groups is 1. The van der Waals surface area contributed by atoms with Gasteiger partial charge in [-0.15, -0.1) is 0 Å². The Morgan fingerprint density at radius 1 is 1.47 bits per heavy atom. The lowest BCUT2D eigenvalue weighted by molar-refractivity contribution is -0.123. The molecule has 1 aliphatic rings. The number of hydrogen-bond donors (Lipinski definition) is 3. The topological polar surface area (TPSA) is 93.8 Å². The summed E-state index contributed by atoms with van der Waals surface area (Å²) in [6.07, 6.45) is 0. The molecule has 17 heavy (non-hydrogen) atoms. The first-order valence-corrected chi connectivity index (χ1v) is 5.23. The number of carbonyl (C=O) groups is 1. The quantitative estimate of drug-likeness (QED) is 0.648. The number of rotatable bonds is 4. The van der Waals surface area contributed by atoms with Gasteiger partial charge in [0.2, 0.25) is 12.7 Å². The molecule has 1 aromatic carbocycles. The van der Waals surface area contributed by atoms with E-state index >= 15 is 0 Å². The van der Waals surface area contributed by atoms with E-state index in [1.807, 2.05) is 6.07 Å². The maximum atomic E-state index is 11.3. The van der Waals surface area contributed by atoms with Gasteiger partial charge in [-0.2, -0.15) is 0 Å². The van der Waals surface area contributed by atoms with E-state index in [1.54, 1.807) is 12.1 Å². The summed E-state index contributed by atoms with van der Waals surface area (Å²) < 4.78 is 10.4. The minimum Gasteiger partial charge on any atom is -0.454 e. The van der Waals surface area contributed by atoms with Gasteiger partial charge in [0.05, 0.1) is 6.61 Å². The molecule has 92 valence electrons. The third-order valence-electron chi connectivity index (χ3n) is 2.44. The zero-order valence-corrected chi connectivity index (χ0v) is 9.18. The second-order valence-electron chi connectivity index (χ2n) is 3.69. The van der Waals surface area contributed by atoms with Crippen LogP contribution in [-0.2, 0) is 11.3 Å². The summed E-state index contributed by atoms with van der Waals surface area (Å²) in [5.74, 6) is 0.987. The molecule has 0 bridgehead atoms. The maximum Gasteiger partial charge on any atom is 0.239 e. The molecule has 0 aromatic heterocycles. The van der Waals surface area contributed by atoms with Crippen LogP contribution in [0.5, 0.6) is 11.5 Å². The lowest BCUT2D eigenvalue weighted by atomic mass is 10.2. The zero-order chi connectivity index (χ0) is 12.3. The Bertz CT molecular complexity index is 422. The van der Waals surface area contributed by atoms with Crippen molar-refractivity contribution in [2.45, 2.75) is 12.6 Å². The van der Waals surface area contributed by atoms with Crippen molar-refractivity contribution < 1.29 is 19.4 Å². The minimum absolute atomic E-state index is 0.223. The highest BCUT2D eigenvalue weighted by Gasteiger charge is 2.14. The lowest BCUT2D eigenvalue weighted by Gasteiger charge is -2.09. The number of carbonyl (C=O) groups excluding carboxylic acids is 1. The highest BCUT2D eigenvalue weighted by Crippen LogP contribution is 2.32. The fourth-order valence-electron chi connectivity index (χ4n) is 1.45. The average Bonchev–Trinajstić information content (AvgIpc) is 2.82. The molecule has 0 radical (unpaired) electrons. The van der Waals surface area contributed by atoms with Crippen LogP contribution in [0.25, 0.3) is 0 Å². The van der Waals surface area contributed by atoms with E-state index in [0.717, 1.165) is 5.56 Å². The third-order valence-corrected chi connectivity index (χ3v) is 2.44. The van der Waals surface area contributed by atoms with Gasteiger partial charge in [-0.1, -0.05) is 6.07 Å². The number of benzene rings is 1. The fraction of sp³-hybridized carbons (Fsp3) is 0.364. The Morgan fingerprint density at radius 2 is 2.24 bits per heavy atom. The van der Waals surface area contributed by atoms with Crippen molar-refractivity contribution in [3.05, 3.63) is 23.8 Å². The smallest absolute Gasteiger partial charge is 0.239 e. The first kappa shape index (κ1) is 11.7. The van der Waals surface area contributed by atoms with Crippen LogP contribution in [0, 0.1) is 0 Å². The van der Waals surface area contributed by atoms with Gasteiger partial charge in [0, 0.05) is 6.54 Å². The molecule has 4 N–H and O–H groups in total. The van der Waals surface area contributed by atoms with Crippen molar-refractivity contribution in [3.8, 4) is 11.5 Å². The predicted molar refractivity (Wildman–Crippen MR) is 59.5 cm³/mol. The lowest BCUT2D eigenvalue weighted by Crippen LogP contribution is -2.42. The second kappa shape index (κ2) is 5.03. The van der Waals surface area contributed by atoms with Crippen LogP contribution in [0.15, 0.2) is 18.2 Å². The second-order valence-corrected chi connectivity index (χ2v) is 3.69. The van der Waals surface area contributed by atoms with Crippen molar-refractivity contribution in [3.63, 3.8) is 0 Å². The Labute approximate surface area is 98.3 Å². The van der Waals surface area contributed by atoms with Crippen molar-refractivity contribution in [2.75, 3.05) is 13.4 Å². The summed E-state index contributed by atoms with van der Waals surface area (Å²) >= 11 is 0. The Morgan fingerprint density at radius 3 is 3.00 bits per heavy atom. The molecule has 0 saturated carbocycles. The highest BCUT2D eigenvalue weighted by atomic mass is 16.7. The highest BCUT2D eigenvalue weighted by molar-refractivity contribution is 5.81. The van der Waals surface area contributed by atoms with Crippen molar-refractivity contribution in [1.82, 2.24) is 5.32 Å². The number of nitrogens with one attached hydrogen (secondary N) is 1. The van der Waals surface area contributed by atoms with Crippen LogP contribution in [0.2, 0.25) is 0 Å². The van der Waals surface area contributed by atoms with Crippen LogP contribution in [0.3, 0.4) is 0 Å². The zero-order valence-electron chi connectivity index (χ0n) is 9.18. The minimum atomic E-state index is -0.885. The third kappa shape index (κ3) is 2.66. The van der Waals surface area contributed by atoms with E-state index in [2.05, 4.69) is 5.32 Å². The van der Waals surface area contributed by atoms with E-state index in [0.29, 0.717) is 18.0 Å². The SMILES string of the molecule is NC(CO)C(=O)NCc1ccc2c(c1)OCO2. The number of ether oxygens (including phenoxy) is 2. The summed E-state index contributed by atoms with van der Waals surface area (Å²) in [4.78, 5) is 11.3. The molecular weight excluding hydrogens is 224 g/mol. The molecule has 0 fully saturated rings. The summed E-state index contributed by atoms with van der Waals surface area (Å²) in [6.45, 7) is 0.191. The molecule has 1 aliphatic heterocycles. The maximum absolute atomic E-state index is 11.3. The largest absolute Gasteiger partial charge is 0.454 e. The number of aliphatic hydroxyl groups excluding tert-OH is 1. The van der Waals surface area contributed by atoms with Gasteiger partial charge in [0.1, 0.15) is 6.04 Å². The monoisotopic (exact) mass is 238 g/mol. The summed E-state index contributed by atoms with van der Waals surface area (Å²) in [5, 5.41) is 11.3. The van der Waals surface area contributed by atoms with Crippen molar-refractivity contribution >= 4 is 5.91 Å². The summed E-state index contributed by atoms with van der Waals surface area (Å²) in [6, 6.07) is 4.53. The Kier molecular flexibility index (Phi) is 3.46. The molecule has 1 heterocycles. The van der Waals surface area contributed by atoms with Gasteiger partial charge >= 0.3 is 0 Å². The van der Waals surface area contributed by atoms with Gasteiger partial charge in [-0.05, 0) is 17.7 Å². The van der Waals surface area contributed by atoms with Crippen LogP contribution < -0.4 is 20.5 Å². The van der Waals surface area contributed by atoms with E-state index in [4.69, 9.17) is 20.3 Å². The van der Waals surface area contributed by atoms with E-state index < -0.39 is 6.04 Å². The standard InChI is InChI=1S/C11H14N2O4/c12-8(5-14)11(15)13-4-7-1-2-9-10(3-7)17-6-16-9/h1-3,8,14H,4-6,12H2,(H,13,15). The van der Waals surface area contributed by atoms with Crippen molar-refractivity contribution in [2.24, 2.45) is 5.73 Å². The van der Waals surface area contributed by atoms with Gasteiger partial charge < -0.3 is 25.6 Å². The van der Waals surface area contributed by atoms with Gasteiger partial charge in [-0.3, -0.25) is 4.79 Å².